The molecule has 0 spiro atoms. The average molecular weight is 608 g/mol. The van der Waals surface area contributed by atoms with Gasteiger partial charge in [-0.1, -0.05) is 48.5 Å². The van der Waals surface area contributed by atoms with Gasteiger partial charge in [0.05, 0.1) is 24.7 Å². The van der Waals surface area contributed by atoms with Crippen molar-refractivity contribution in [2.45, 2.75) is 43.5 Å². The number of carbonyl (C=O) groups excluding carboxylic acids is 3. The second kappa shape index (κ2) is 13.5. The van der Waals surface area contributed by atoms with Gasteiger partial charge in [0.25, 0.3) is 16.0 Å². The zero-order chi connectivity index (χ0) is 30.4. The third-order valence-electron chi connectivity index (χ3n) is 7.51. The number of rotatable bonds is 7. The highest BCUT2D eigenvalue weighted by atomic mass is 32.2. The molecule has 3 aliphatic heterocycles. The van der Waals surface area contributed by atoms with Crippen molar-refractivity contribution in [3.05, 3.63) is 95.1 Å². The van der Waals surface area contributed by atoms with E-state index < -0.39 is 22.1 Å². The molecular weight excluding hydrogens is 574 g/mol. The maximum atomic E-state index is 12.9. The molecule has 11 nitrogen and oxygen atoms in total. The summed E-state index contributed by atoms with van der Waals surface area (Å²) in [4.78, 5) is 40.5. The number of nitrogens with zero attached hydrogens (tertiary/aromatic N) is 2. The molecular formula is C31H33N3O8S. The van der Waals surface area contributed by atoms with Gasteiger partial charge in [0.1, 0.15) is 18.4 Å². The number of amides is 3. The molecule has 3 heterocycles. The molecule has 43 heavy (non-hydrogen) atoms. The summed E-state index contributed by atoms with van der Waals surface area (Å²) in [6.07, 6.45) is 0.582. The highest BCUT2D eigenvalue weighted by Crippen LogP contribution is 2.34. The number of piperidine rings is 1. The summed E-state index contributed by atoms with van der Waals surface area (Å²) in [5.41, 5.74) is 3.64. The van der Waals surface area contributed by atoms with Crippen molar-refractivity contribution in [3.63, 3.8) is 0 Å². The number of carbonyl (C=O) groups is 3. The highest BCUT2D eigenvalue weighted by molar-refractivity contribution is 7.85. The van der Waals surface area contributed by atoms with E-state index in [1.165, 1.54) is 17.7 Å². The van der Waals surface area contributed by atoms with Crippen LogP contribution in [0.5, 0.6) is 5.75 Å². The van der Waals surface area contributed by atoms with Crippen molar-refractivity contribution in [3.8, 4) is 5.75 Å². The van der Waals surface area contributed by atoms with E-state index in [1.807, 2.05) is 6.07 Å². The van der Waals surface area contributed by atoms with Gasteiger partial charge in [0, 0.05) is 37.2 Å². The summed E-state index contributed by atoms with van der Waals surface area (Å²) >= 11 is 0. The summed E-state index contributed by atoms with van der Waals surface area (Å²) in [6, 6.07) is 20.6. The lowest BCUT2D eigenvalue weighted by atomic mass is 10.0. The van der Waals surface area contributed by atoms with Crippen LogP contribution in [0.3, 0.4) is 0 Å². The number of benzene rings is 3. The zero-order valence-electron chi connectivity index (χ0n) is 23.5. The van der Waals surface area contributed by atoms with Crippen LogP contribution in [-0.2, 0) is 44.1 Å². The maximum Gasteiger partial charge on any atom is 0.294 e. The van der Waals surface area contributed by atoms with Crippen molar-refractivity contribution in [2.24, 2.45) is 0 Å². The monoisotopic (exact) mass is 607 g/mol. The number of hydrogen-bond donors (Lipinski definition) is 2. The molecule has 0 bridgehead atoms. The van der Waals surface area contributed by atoms with Gasteiger partial charge in [-0.25, -0.2) is 0 Å². The van der Waals surface area contributed by atoms with Crippen molar-refractivity contribution >= 4 is 27.8 Å². The predicted octanol–water partition coefficient (Wildman–Crippen LogP) is 2.79. The van der Waals surface area contributed by atoms with E-state index in [0.29, 0.717) is 30.9 Å². The van der Waals surface area contributed by atoms with Crippen LogP contribution in [-0.4, -0.2) is 72.8 Å². The van der Waals surface area contributed by atoms with Crippen LogP contribution in [0, 0.1) is 0 Å². The Kier molecular flexibility index (Phi) is 9.51. The van der Waals surface area contributed by atoms with Crippen LogP contribution in [0.15, 0.2) is 77.7 Å². The topological polar surface area (TPSA) is 143 Å². The maximum absolute atomic E-state index is 12.9. The van der Waals surface area contributed by atoms with Crippen LogP contribution >= 0.6 is 0 Å². The lowest BCUT2D eigenvalue weighted by Crippen LogP contribution is -2.52. The lowest BCUT2D eigenvalue weighted by Gasteiger charge is -2.29. The van der Waals surface area contributed by atoms with Crippen molar-refractivity contribution < 1.29 is 36.8 Å². The Labute approximate surface area is 250 Å². The van der Waals surface area contributed by atoms with E-state index in [2.05, 4.69) is 34.5 Å². The van der Waals surface area contributed by atoms with Crippen LogP contribution in [0.4, 0.5) is 0 Å². The van der Waals surface area contributed by atoms with Crippen LogP contribution in [0.1, 0.15) is 39.9 Å². The van der Waals surface area contributed by atoms with Crippen molar-refractivity contribution in [2.75, 3.05) is 26.3 Å². The number of ether oxygens (including phenoxy) is 2. The van der Waals surface area contributed by atoms with Gasteiger partial charge in [-0.15, -0.1) is 0 Å². The van der Waals surface area contributed by atoms with E-state index in [9.17, 15) is 22.8 Å². The molecule has 226 valence electrons. The van der Waals surface area contributed by atoms with Gasteiger partial charge >= 0.3 is 0 Å². The second-order valence-corrected chi connectivity index (χ2v) is 11.9. The molecule has 3 aliphatic rings. The smallest absolute Gasteiger partial charge is 0.294 e. The quantitative estimate of drug-likeness (QED) is 0.306. The normalized spacial score (nSPS) is 18.9. The fourth-order valence-electron chi connectivity index (χ4n) is 5.20. The first kappa shape index (κ1) is 30.4. The molecule has 1 atom stereocenters. The molecule has 3 amide bonds. The van der Waals surface area contributed by atoms with Crippen molar-refractivity contribution in [1.82, 2.24) is 15.1 Å². The molecule has 2 saturated heterocycles. The van der Waals surface area contributed by atoms with Gasteiger partial charge in [0.2, 0.25) is 11.8 Å². The SMILES string of the molecule is O=C1CC[C@H](N2Cc3c(OCc4ccc(CN5CCOCC5)cc4)cccc3C2=O)C(=O)N1.O=S(=O)(O)c1ccccc1. The van der Waals surface area contributed by atoms with Gasteiger partial charge in [-0.05, 0) is 41.8 Å². The summed E-state index contributed by atoms with van der Waals surface area (Å²) in [6.45, 7) is 5.09. The fraction of sp³-hybridized carbons (Fsp3) is 0.323. The number of morpholine rings is 1. The first-order valence-corrected chi connectivity index (χ1v) is 15.4. The average Bonchev–Trinajstić information content (AvgIpc) is 3.34. The number of hydrogen-bond acceptors (Lipinski definition) is 8. The Morgan fingerprint density at radius 1 is 0.907 bits per heavy atom. The zero-order valence-corrected chi connectivity index (χ0v) is 24.3. The predicted molar refractivity (Wildman–Crippen MR) is 156 cm³/mol. The van der Waals surface area contributed by atoms with E-state index in [0.717, 1.165) is 44.0 Å². The van der Waals surface area contributed by atoms with Crippen LogP contribution in [0.25, 0.3) is 0 Å². The van der Waals surface area contributed by atoms with Gasteiger partial charge in [0.15, 0.2) is 0 Å². The summed E-state index contributed by atoms with van der Waals surface area (Å²) in [5.74, 6) is -0.252. The molecule has 3 aromatic carbocycles. The van der Waals surface area contributed by atoms with Crippen LogP contribution in [0.2, 0.25) is 0 Å². The molecule has 0 saturated carbocycles. The van der Waals surface area contributed by atoms with Gasteiger partial charge in [-0.2, -0.15) is 8.42 Å². The fourth-order valence-corrected chi connectivity index (χ4v) is 5.71. The standard InChI is InChI=1S/C25H27N3O5.C6H6O3S/c29-23-9-8-21(24(30)26-23)28-15-20-19(25(28)31)2-1-3-22(20)33-16-18-6-4-17(5-7-18)14-27-10-12-32-13-11-27;7-10(8,9)6-4-2-1-3-5-6/h1-7,21H,8-16H2,(H,26,29,30);1-5H,(H,7,8,9)/t21-;/m0./s1. The summed E-state index contributed by atoms with van der Waals surface area (Å²) in [5, 5.41) is 2.33. The Hall–Kier alpha value is -4.10. The van der Waals surface area contributed by atoms with E-state index >= 15 is 0 Å². The summed E-state index contributed by atoms with van der Waals surface area (Å²) in [7, 11) is -4.00. The Bertz CT molecular complexity index is 1570. The first-order valence-electron chi connectivity index (χ1n) is 14.0. The van der Waals surface area contributed by atoms with E-state index in [-0.39, 0.29) is 23.1 Å². The van der Waals surface area contributed by atoms with Gasteiger partial charge < -0.3 is 14.4 Å². The minimum Gasteiger partial charge on any atom is -0.489 e. The molecule has 0 aromatic heterocycles. The Morgan fingerprint density at radius 2 is 1.60 bits per heavy atom. The van der Waals surface area contributed by atoms with Crippen LogP contribution < -0.4 is 10.1 Å². The molecule has 0 radical (unpaired) electrons. The van der Waals surface area contributed by atoms with Crippen molar-refractivity contribution in [1.29, 1.82) is 0 Å². The third-order valence-corrected chi connectivity index (χ3v) is 8.38. The molecule has 2 N–H and O–H groups in total. The van der Waals surface area contributed by atoms with E-state index in [4.69, 9.17) is 14.0 Å². The molecule has 0 aliphatic carbocycles. The minimum atomic E-state index is -4.00. The molecule has 6 rings (SSSR count). The molecule has 3 aromatic rings. The number of imide groups is 1. The highest BCUT2D eigenvalue weighted by Gasteiger charge is 2.40. The Balaban J connectivity index is 0.000000314. The lowest BCUT2D eigenvalue weighted by molar-refractivity contribution is -0.136. The van der Waals surface area contributed by atoms with E-state index in [1.54, 1.807) is 35.2 Å². The molecule has 0 unspecified atom stereocenters. The number of nitrogens with one attached hydrogen (secondary N) is 1. The minimum absolute atomic E-state index is 0.0741. The van der Waals surface area contributed by atoms with Gasteiger partial charge in [-0.3, -0.25) is 29.2 Å². The first-order chi connectivity index (χ1) is 20.7. The largest absolute Gasteiger partial charge is 0.489 e. The third kappa shape index (κ3) is 7.65. The number of fused-ring (bicyclic) bond motifs is 1. The molecule has 12 heteroatoms. The second-order valence-electron chi connectivity index (χ2n) is 10.5. The molecule has 2 fully saturated rings. The summed E-state index contributed by atoms with van der Waals surface area (Å²) < 4.78 is 40.7. The Morgan fingerprint density at radius 3 is 2.26 bits per heavy atom.